The summed E-state index contributed by atoms with van der Waals surface area (Å²) in [6, 6.07) is 5.81. The highest BCUT2D eigenvalue weighted by Crippen LogP contribution is 2.24. The lowest BCUT2D eigenvalue weighted by Gasteiger charge is -2.10. The second-order valence-electron chi connectivity index (χ2n) is 7.91. The number of aryl methyl sites for hydroxylation is 1. The van der Waals surface area contributed by atoms with Crippen LogP contribution in [0.2, 0.25) is 0 Å². The third-order valence-electron chi connectivity index (χ3n) is 4.67. The Bertz CT molecular complexity index is 1180. The molecule has 3 rings (SSSR count). The van der Waals surface area contributed by atoms with Crippen LogP contribution in [-0.2, 0) is 13.1 Å². The van der Waals surface area contributed by atoms with Gasteiger partial charge in [0.25, 0.3) is 5.91 Å². The van der Waals surface area contributed by atoms with Gasteiger partial charge in [0.15, 0.2) is 5.82 Å². The number of urea groups is 1. The summed E-state index contributed by atoms with van der Waals surface area (Å²) in [6.45, 7) is 5.27. The molecule has 36 heavy (non-hydrogen) atoms. The van der Waals surface area contributed by atoms with Crippen LogP contribution in [0.1, 0.15) is 30.9 Å². The van der Waals surface area contributed by atoms with Gasteiger partial charge in [-0.3, -0.25) is 14.8 Å². The van der Waals surface area contributed by atoms with E-state index in [0.29, 0.717) is 26.1 Å². The highest BCUT2D eigenvalue weighted by Gasteiger charge is 2.31. The first-order valence-corrected chi connectivity index (χ1v) is 11.0. The zero-order chi connectivity index (χ0) is 26.1. The Morgan fingerprint density at radius 2 is 1.89 bits per heavy atom. The van der Waals surface area contributed by atoms with E-state index in [2.05, 4.69) is 30.8 Å². The number of aromatic nitrogens is 4. The molecule has 0 saturated carbocycles. The van der Waals surface area contributed by atoms with Gasteiger partial charge in [0.1, 0.15) is 5.75 Å². The standard InChI is InChI=1S/C23H26F3N7O3/c1-16(2)9-14-32-15-19(30-20(32)21(34)27-10-3-12-33-13-4-11-28-33)31-22(35)29-17-5-7-18(8-6-17)36-23(24,25)26/h4-9,11,13,15H,3,10,12,14H2,1-2H3,(H,27,34)(H2,29,31,35). The van der Waals surface area contributed by atoms with E-state index in [9.17, 15) is 22.8 Å². The summed E-state index contributed by atoms with van der Waals surface area (Å²) in [6.07, 6.45) is 2.81. The minimum Gasteiger partial charge on any atom is -0.406 e. The van der Waals surface area contributed by atoms with Crippen molar-refractivity contribution >= 4 is 23.4 Å². The Morgan fingerprint density at radius 3 is 2.53 bits per heavy atom. The van der Waals surface area contributed by atoms with Crippen molar-refractivity contribution in [3.05, 3.63) is 66.4 Å². The Kier molecular flexibility index (Phi) is 8.71. The number of anilines is 2. The molecule has 0 bridgehead atoms. The predicted molar refractivity (Wildman–Crippen MR) is 127 cm³/mol. The van der Waals surface area contributed by atoms with E-state index in [4.69, 9.17) is 0 Å². The molecule has 192 valence electrons. The number of rotatable bonds is 10. The van der Waals surface area contributed by atoms with E-state index in [1.165, 1.54) is 18.3 Å². The molecule has 3 N–H and O–H groups in total. The number of imidazole rings is 1. The number of halogens is 3. The lowest BCUT2D eigenvalue weighted by Crippen LogP contribution is -2.28. The van der Waals surface area contributed by atoms with Crippen molar-refractivity contribution < 1.29 is 27.5 Å². The number of hydrogen-bond donors (Lipinski definition) is 3. The van der Waals surface area contributed by atoms with Crippen molar-refractivity contribution in [1.82, 2.24) is 24.6 Å². The molecule has 0 spiro atoms. The maximum Gasteiger partial charge on any atom is 0.573 e. The molecule has 3 aromatic rings. The Morgan fingerprint density at radius 1 is 1.14 bits per heavy atom. The number of alkyl halides is 3. The molecule has 10 nitrogen and oxygen atoms in total. The van der Waals surface area contributed by atoms with Gasteiger partial charge < -0.3 is 19.9 Å². The lowest BCUT2D eigenvalue weighted by atomic mass is 10.3. The molecule has 0 fully saturated rings. The number of hydrogen-bond acceptors (Lipinski definition) is 5. The van der Waals surface area contributed by atoms with Crippen molar-refractivity contribution in [2.45, 2.75) is 39.7 Å². The Balaban J connectivity index is 1.60. The van der Waals surface area contributed by atoms with Crippen LogP contribution < -0.4 is 20.7 Å². The van der Waals surface area contributed by atoms with Crippen molar-refractivity contribution in [2.75, 3.05) is 17.2 Å². The van der Waals surface area contributed by atoms with Gasteiger partial charge in [-0.1, -0.05) is 11.6 Å². The van der Waals surface area contributed by atoms with E-state index < -0.39 is 24.1 Å². The minimum atomic E-state index is -4.81. The third kappa shape index (κ3) is 8.49. The summed E-state index contributed by atoms with van der Waals surface area (Å²) in [4.78, 5) is 29.3. The fraction of sp³-hybridized carbons (Fsp3) is 0.304. The molecule has 2 aromatic heterocycles. The molecule has 0 aliphatic carbocycles. The molecule has 0 atom stereocenters. The van der Waals surface area contributed by atoms with Crippen LogP contribution in [-0.4, -0.2) is 44.2 Å². The molecule has 0 aliphatic rings. The Hall–Kier alpha value is -4.29. The van der Waals surface area contributed by atoms with Crippen LogP contribution in [0.25, 0.3) is 0 Å². The number of amides is 3. The van der Waals surface area contributed by atoms with Crippen molar-refractivity contribution in [3.8, 4) is 5.75 Å². The van der Waals surface area contributed by atoms with Gasteiger partial charge in [0.05, 0.1) is 0 Å². The van der Waals surface area contributed by atoms with Crippen LogP contribution in [0.5, 0.6) is 5.75 Å². The average Bonchev–Trinajstić information content (AvgIpc) is 3.45. The van der Waals surface area contributed by atoms with Crippen molar-refractivity contribution in [3.63, 3.8) is 0 Å². The monoisotopic (exact) mass is 505 g/mol. The summed E-state index contributed by atoms with van der Waals surface area (Å²) in [7, 11) is 0. The van der Waals surface area contributed by atoms with E-state index in [1.54, 1.807) is 15.4 Å². The van der Waals surface area contributed by atoms with Gasteiger partial charge in [0.2, 0.25) is 5.82 Å². The fourth-order valence-corrected chi connectivity index (χ4v) is 3.05. The van der Waals surface area contributed by atoms with E-state index in [1.807, 2.05) is 32.2 Å². The van der Waals surface area contributed by atoms with Crippen LogP contribution in [0.15, 0.2) is 60.6 Å². The first-order valence-electron chi connectivity index (χ1n) is 11.0. The quantitative estimate of drug-likeness (QED) is 0.279. The number of carbonyl (C=O) groups is 2. The normalized spacial score (nSPS) is 11.0. The average molecular weight is 506 g/mol. The maximum atomic E-state index is 12.7. The van der Waals surface area contributed by atoms with Crippen LogP contribution in [0.3, 0.4) is 0 Å². The largest absolute Gasteiger partial charge is 0.573 e. The van der Waals surface area contributed by atoms with Crippen LogP contribution >= 0.6 is 0 Å². The number of ether oxygens (including phenoxy) is 1. The molecular formula is C23H26F3N7O3. The first-order chi connectivity index (χ1) is 17.1. The zero-order valence-electron chi connectivity index (χ0n) is 19.7. The fourth-order valence-electron chi connectivity index (χ4n) is 3.05. The molecule has 0 radical (unpaired) electrons. The molecule has 2 heterocycles. The second-order valence-corrected chi connectivity index (χ2v) is 7.91. The molecule has 3 amide bonds. The Labute approximate surface area is 205 Å². The summed E-state index contributed by atoms with van der Waals surface area (Å²) >= 11 is 0. The first kappa shape index (κ1) is 26.3. The molecule has 0 saturated heterocycles. The van der Waals surface area contributed by atoms with E-state index >= 15 is 0 Å². The van der Waals surface area contributed by atoms with E-state index in [-0.39, 0.29) is 17.3 Å². The van der Waals surface area contributed by atoms with Crippen LogP contribution in [0.4, 0.5) is 29.5 Å². The van der Waals surface area contributed by atoms with E-state index in [0.717, 1.165) is 17.7 Å². The van der Waals surface area contributed by atoms with Gasteiger partial charge in [0, 0.05) is 43.9 Å². The molecule has 0 aliphatic heterocycles. The van der Waals surface area contributed by atoms with Gasteiger partial charge in [-0.15, -0.1) is 13.2 Å². The molecule has 13 heteroatoms. The summed E-state index contributed by atoms with van der Waals surface area (Å²) in [5.41, 5.74) is 1.28. The minimum absolute atomic E-state index is 0.121. The van der Waals surface area contributed by atoms with Crippen molar-refractivity contribution in [1.29, 1.82) is 0 Å². The van der Waals surface area contributed by atoms with Gasteiger partial charge in [-0.05, 0) is 50.6 Å². The smallest absolute Gasteiger partial charge is 0.406 e. The van der Waals surface area contributed by atoms with Gasteiger partial charge in [-0.2, -0.15) is 5.10 Å². The third-order valence-corrected chi connectivity index (χ3v) is 4.67. The number of carbonyl (C=O) groups excluding carboxylic acids is 2. The summed E-state index contributed by atoms with van der Waals surface area (Å²) in [5.74, 6) is -0.554. The highest BCUT2D eigenvalue weighted by atomic mass is 19.4. The van der Waals surface area contributed by atoms with Gasteiger partial charge >= 0.3 is 12.4 Å². The number of allylic oxidation sites excluding steroid dienone is 2. The highest BCUT2D eigenvalue weighted by molar-refractivity contribution is 5.99. The number of benzene rings is 1. The maximum absolute atomic E-state index is 12.7. The summed E-state index contributed by atoms with van der Waals surface area (Å²) < 4.78 is 44.0. The lowest BCUT2D eigenvalue weighted by molar-refractivity contribution is -0.274. The number of nitrogens with zero attached hydrogens (tertiary/aromatic N) is 4. The SMILES string of the molecule is CC(C)=CCn1cc(NC(=O)Nc2ccc(OC(F)(F)F)cc2)nc1C(=O)NCCCn1cccn1. The predicted octanol–water partition coefficient (Wildman–Crippen LogP) is 4.41. The number of nitrogens with one attached hydrogen (secondary N) is 3. The van der Waals surface area contributed by atoms with Gasteiger partial charge in [-0.25, -0.2) is 9.78 Å². The molecule has 1 aromatic carbocycles. The zero-order valence-corrected chi connectivity index (χ0v) is 19.7. The topological polar surface area (TPSA) is 115 Å². The molecule has 0 unspecified atom stereocenters. The second kappa shape index (κ2) is 11.9. The molecular weight excluding hydrogens is 479 g/mol. The summed E-state index contributed by atoms with van der Waals surface area (Å²) in [5, 5.41) is 11.9. The van der Waals surface area contributed by atoms with Crippen LogP contribution in [0, 0.1) is 0 Å². The van der Waals surface area contributed by atoms with Crippen molar-refractivity contribution in [2.24, 2.45) is 0 Å².